The summed E-state index contributed by atoms with van der Waals surface area (Å²) in [7, 11) is 0. The molecule has 0 nitrogen and oxygen atoms in total. The van der Waals surface area contributed by atoms with E-state index >= 15 is 0 Å². The van der Waals surface area contributed by atoms with Gasteiger partial charge >= 0.3 is 0 Å². The van der Waals surface area contributed by atoms with Gasteiger partial charge in [-0.05, 0) is 30.0 Å². The van der Waals surface area contributed by atoms with Crippen molar-refractivity contribution in [3.63, 3.8) is 0 Å². The monoisotopic (exact) mass is 230 g/mol. The van der Waals surface area contributed by atoms with Crippen LogP contribution in [0.2, 0.25) is 0 Å². The first-order valence-electron chi connectivity index (χ1n) is 5.48. The minimum atomic E-state index is 0.586. The Hall–Kier alpha value is -1.27. The van der Waals surface area contributed by atoms with Crippen LogP contribution in [0.25, 0.3) is 0 Å². The molecule has 2 aromatic rings. The normalized spacial score (nSPS) is 10.4. The van der Waals surface area contributed by atoms with Crippen molar-refractivity contribution in [2.24, 2.45) is 0 Å². The quantitative estimate of drug-likeness (QED) is 0.689. The van der Waals surface area contributed by atoms with Gasteiger partial charge in [-0.2, -0.15) is 0 Å². The highest BCUT2D eigenvalue weighted by molar-refractivity contribution is 6.17. The van der Waals surface area contributed by atoms with Crippen molar-refractivity contribution in [2.75, 3.05) is 0 Å². The van der Waals surface area contributed by atoms with Gasteiger partial charge < -0.3 is 0 Å². The summed E-state index contributed by atoms with van der Waals surface area (Å²) < 4.78 is 0. The van der Waals surface area contributed by atoms with E-state index in [2.05, 4.69) is 49.4 Å². The van der Waals surface area contributed by atoms with Crippen molar-refractivity contribution in [2.45, 2.75) is 19.2 Å². The second-order valence-electron chi connectivity index (χ2n) is 4.07. The predicted octanol–water partition coefficient (Wildman–Crippen LogP) is 4.32. The minimum Gasteiger partial charge on any atom is -0.122 e. The first-order chi connectivity index (χ1) is 7.79. The zero-order valence-electron chi connectivity index (χ0n) is 9.41. The fourth-order valence-electron chi connectivity index (χ4n) is 1.87. The van der Waals surface area contributed by atoms with E-state index < -0.39 is 0 Å². The zero-order valence-corrected chi connectivity index (χ0v) is 10.2. The maximum atomic E-state index is 5.95. The molecule has 0 radical (unpaired) electrons. The van der Waals surface area contributed by atoms with Crippen LogP contribution in [0.5, 0.6) is 0 Å². The van der Waals surface area contributed by atoms with Gasteiger partial charge in [-0.3, -0.25) is 0 Å². The molecule has 0 spiro atoms. The van der Waals surface area contributed by atoms with Crippen molar-refractivity contribution >= 4 is 11.6 Å². The van der Waals surface area contributed by atoms with E-state index in [1.807, 2.05) is 6.07 Å². The maximum Gasteiger partial charge on any atom is 0.0476 e. The average Bonchev–Trinajstić information content (AvgIpc) is 2.31. The number of benzene rings is 2. The van der Waals surface area contributed by atoms with Gasteiger partial charge in [0.15, 0.2) is 0 Å². The van der Waals surface area contributed by atoms with Gasteiger partial charge in [0.2, 0.25) is 0 Å². The van der Waals surface area contributed by atoms with Gasteiger partial charge in [-0.25, -0.2) is 0 Å². The highest BCUT2D eigenvalue weighted by Crippen LogP contribution is 2.18. The van der Waals surface area contributed by atoms with Crippen molar-refractivity contribution in [3.05, 3.63) is 70.8 Å². The van der Waals surface area contributed by atoms with Crippen LogP contribution >= 0.6 is 11.6 Å². The Bertz CT molecular complexity index is 460. The summed E-state index contributed by atoms with van der Waals surface area (Å²) >= 11 is 5.95. The molecule has 0 fully saturated rings. The lowest BCUT2D eigenvalue weighted by molar-refractivity contribution is 1.13. The molecule has 16 heavy (non-hydrogen) atoms. The molecule has 0 aliphatic carbocycles. The molecule has 0 saturated carbocycles. The SMILES string of the molecule is Cc1ccc(CCl)c(Cc2ccccc2)c1. The second kappa shape index (κ2) is 5.18. The maximum absolute atomic E-state index is 5.95. The van der Waals surface area contributed by atoms with E-state index in [4.69, 9.17) is 11.6 Å². The van der Waals surface area contributed by atoms with E-state index in [-0.39, 0.29) is 0 Å². The summed E-state index contributed by atoms with van der Waals surface area (Å²) in [6.07, 6.45) is 0.963. The van der Waals surface area contributed by atoms with Gasteiger partial charge in [0.05, 0.1) is 0 Å². The number of halogens is 1. The van der Waals surface area contributed by atoms with Gasteiger partial charge in [-0.15, -0.1) is 11.6 Å². The van der Waals surface area contributed by atoms with Gasteiger partial charge in [-0.1, -0.05) is 54.1 Å². The van der Waals surface area contributed by atoms with Crippen LogP contribution in [-0.4, -0.2) is 0 Å². The third-order valence-electron chi connectivity index (χ3n) is 2.74. The number of rotatable bonds is 3. The highest BCUT2D eigenvalue weighted by atomic mass is 35.5. The summed E-state index contributed by atoms with van der Waals surface area (Å²) in [5.74, 6) is 0.586. The molecule has 2 rings (SSSR count). The standard InChI is InChI=1S/C15H15Cl/c1-12-7-8-14(11-16)15(9-12)10-13-5-3-2-4-6-13/h2-9H,10-11H2,1H3. The molecule has 2 aromatic carbocycles. The van der Waals surface area contributed by atoms with Crippen LogP contribution in [0, 0.1) is 6.92 Å². The lowest BCUT2D eigenvalue weighted by Gasteiger charge is -2.08. The number of hydrogen-bond donors (Lipinski definition) is 0. The molecule has 0 amide bonds. The number of hydrogen-bond acceptors (Lipinski definition) is 0. The molecule has 0 atom stereocenters. The fraction of sp³-hybridized carbons (Fsp3) is 0.200. The first-order valence-corrected chi connectivity index (χ1v) is 6.01. The molecule has 0 aliphatic rings. The molecular formula is C15H15Cl. The zero-order chi connectivity index (χ0) is 11.4. The van der Waals surface area contributed by atoms with Gasteiger partial charge in [0.1, 0.15) is 0 Å². The Morgan fingerprint density at radius 2 is 1.69 bits per heavy atom. The molecule has 0 aliphatic heterocycles. The lowest BCUT2D eigenvalue weighted by Crippen LogP contribution is -1.94. The highest BCUT2D eigenvalue weighted by Gasteiger charge is 2.02. The molecule has 1 heteroatoms. The molecule has 0 aromatic heterocycles. The third kappa shape index (κ3) is 2.65. The summed E-state index contributed by atoms with van der Waals surface area (Å²) in [6, 6.07) is 17.0. The van der Waals surface area contributed by atoms with Crippen molar-refractivity contribution < 1.29 is 0 Å². The number of aryl methyl sites for hydroxylation is 1. The molecule has 0 saturated heterocycles. The van der Waals surface area contributed by atoms with Crippen LogP contribution < -0.4 is 0 Å². The Morgan fingerprint density at radius 3 is 2.38 bits per heavy atom. The molecule has 82 valence electrons. The van der Waals surface area contributed by atoms with Gasteiger partial charge in [0, 0.05) is 5.88 Å². The molecule has 0 unspecified atom stereocenters. The summed E-state index contributed by atoms with van der Waals surface area (Å²) in [4.78, 5) is 0. The lowest BCUT2D eigenvalue weighted by atomic mass is 9.99. The Balaban J connectivity index is 2.30. The van der Waals surface area contributed by atoms with E-state index in [0.717, 1.165) is 6.42 Å². The molecule has 0 N–H and O–H groups in total. The van der Waals surface area contributed by atoms with Crippen molar-refractivity contribution in [1.82, 2.24) is 0 Å². The van der Waals surface area contributed by atoms with Gasteiger partial charge in [0.25, 0.3) is 0 Å². The largest absolute Gasteiger partial charge is 0.122 e. The second-order valence-corrected chi connectivity index (χ2v) is 4.34. The fourth-order valence-corrected chi connectivity index (χ4v) is 2.13. The number of alkyl halides is 1. The summed E-state index contributed by atoms with van der Waals surface area (Å²) in [5, 5.41) is 0. The molecular weight excluding hydrogens is 216 g/mol. The summed E-state index contributed by atoms with van der Waals surface area (Å²) in [5.41, 5.74) is 5.19. The third-order valence-corrected chi connectivity index (χ3v) is 3.03. The topological polar surface area (TPSA) is 0 Å². The smallest absolute Gasteiger partial charge is 0.0476 e. The first kappa shape index (κ1) is 11.2. The summed E-state index contributed by atoms with van der Waals surface area (Å²) in [6.45, 7) is 2.12. The van der Waals surface area contributed by atoms with Crippen molar-refractivity contribution in [3.8, 4) is 0 Å². The Labute approximate surface area is 102 Å². The van der Waals surface area contributed by atoms with E-state index in [1.165, 1.54) is 22.3 Å². The van der Waals surface area contributed by atoms with Crippen LogP contribution in [0.3, 0.4) is 0 Å². The van der Waals surface area contributed by atoms with Crippen LogP contribution in [0.4, 0.5) is 0 Å². The van der Waals surface area contributed by atoms with E-state index in [9.17, 15) is 0 Å². The van der Waals surface area contributed by atoms with Crippen molar-refractivity contribution in [1.29, 1.82) is 0 Å². The Morgan fingerprint density at radius 1 is 0.938 bits per heavy atom. The molecule has 0 heterocycles. The Kier molecular flexibility index (Phi) is 3.63. The van der Waals surface area contributed by atoms with E-state index in [0.29, 0.717) is 5.88 Å². The van der Waals surface area contributed by atoms with E-state index in [1.54, 1.807) is 0 Å². The van der Waals surface area contributed by atoms with Crippen LogP contribution in [-0.2, 0) is 12.3 Å². The average molecular weight is 231 g/mol. The minimum absolute atomic E-state index is 0.586. The predicted molar refractivity (Wildman–Crippen MR) is 70.0 cm³/mol. The van der Waals surface area contributed by atoms with Crippen LogP contribution in [0.15, 0.2) is 48.5 Å². The van der Waals surface area contributed by atoms with Crippen LogP contribution in [0.1, 0.15) is 22.3 Å². The molecule has 0 bridgehead atoms.